The van der Waals surface area contributed by atoms with E-state index in [-0.39, 0.29) is 4.90 Å². The van der Waals surface area contributed by atoms with Crippen LogP contribution in [0.3, 0.4) is 0 Å². The first-order valence-electron chi connectivity index (χ1n) is 5.46. The maximum atomic E-state index is 12.4. The minimum absolute atomic E-state index is 0.261. The monoisotopic (exact) mass is 439 g/mol. The van der Waals surface area contributed by atoms with Crippen LogP contribution in [0.4, 0.5) is 5.69 Å². The van der Waals surface area contributed by atoms with Gasteiger partial charge in [-0.15, -0.1) is 11.3 Å². The molecule has 0 amide bonds. The standard InChI is InChI=1S/C12H11Br2NO3S2/c1-7-11(6-12(14)19-7)20(16,17)15-9-5-8(13)3-4-10(9)18-2/h3-6,15H,1-2H3. The highest BCUT2D eigenvalue weighted by atomic mass is 79.9. The van der Waals surface area contributed by atoms with Gasteiger partial charge in [-0.2, -0.15) is 0 Å². The fourth-order valence-corrected chi connectivity index (χ4v) is 5.50. The van der Waals surface area contributed by atoms with Crippen molar-refractivity contribution in [3.05, 3.63) is 37.4 Å². The van der Waals surface area contributed by atoms with Crippen LogP contribution in [0.2, 0.25) is 0 Å². The molecule has 20 heavy (non-hydrogen) atoms. The fraction of sp³-hybridized carbons (Fsp3) is 0.167. The quantitative estimate of drug-likeness (QED) is 0.766. The first kappa shape index (κ1) is 15.8. The lowest BCUT2D eigenvalue weighted by Gasteiger charge is -2.12. The molecule has 1 heterocycles. The molecule has 0 aliphatic rings. The lowest BCUT2D eigenvalue weighted by Crippen LogP contribution is -2.13. The van der Waals surface area contributed by atoms with Gasteiger partial charge in [0.05, 0.1) is 16.6 Å². The molecule has 108 valence electrons. The number of thiophene rings is 1. The Morgan fingerprint density at radius 3 is 2.50 bits per heavy atom. The van der Waals surface area contributed by atoms with Crippen LogP contribution in [-0.4, -0.2) is 15.5 Å². The second-order valence-electron chi connectivity index (χ2n) is 3.92. The number of hydrogen-bond acceptors (Lipinski definition) is 4. The zero-order valence-electron chi connectivity index (χ0n) is 10.6. The van der Waals surface area contributed by atoms with Gasteiger partial charge >= 0.3 is 0 Å². The van der Waals surface area contributed by atoms with Gasteiger partial charge in [-0.1, -0.05) is 15.9 Å². The molecule has 0 aliphatic carbocycles. The highest BCUT2D eigenvalue weighted by Gasteiger charge is 2.21. The van der Waals surface area contributed by atoms with Gasteiger partial charge in [0, 0.05) is 9.35 Å². The van der Waals surface area contributed by atoms with Crippen molar-refractivity contribution < 1.29 is 13.2 Å². The third kappa shape index (κ3) is 3.36. The normalized spacial score (nSPS) is 11.4. The van der Waals surface area contributed by atoms with Crippen molar-refractivity contribution >= 4 is 58.9 Å². The Hall–Kier alpha value is -0.570. The third-order valence-electron chi connectivity index (χ3n) is 2.54. The molecule has 0 saturated heterocycles. The summed E-state index contributed by atoms with van der Waals surface area (Å²) >= 11 is 7.98. The third-order valence-corrected chi connectivity index (χ3v) is 6.21. The highest BCUT2D eigenvalue weighted by molar-refractivity contribution is 9.11. The van der Waals surface area contributed by atoms with Crippen LogP contribution in [0.25, 0.3) is 0 Å². The molecule has 0 spiro atoms. The maximum Gasteiger partial charge on any atom is 0.263 e. The first-order chi connectivity index (χ1) is 9.33. The number of halogens is 2. The minimum Gasteiger partial charge on any atom is -0.495 e. The molecule has 1 N–H and O–H groups in total. The molecule has 0 radical (unpaired) electrons. The average Bonchev–Trinajstić information content (AvgIpc) is 2.69. The van der Waals surface area contributed by atoms with Gasteiger partial charge in [0.15, 0.2) is 0 Å². The van der Waals surface area contributed by atoms with Crippen molar-refractivity contribution in [3.8, 4) is 5.75 Å². The smallest absolute Gasteiger partial charge is 0.263 e. The average molecular weight is 441 g/mol. The Morgan fingerprint density at radius 2 is 1.95 bits per heavy atom. The maximum absolute atomic E-state index is 12.4. The largest absolute Gasteiger partial charge is 0.495 e. The van der Waals surface area contributed by atoms with Crippen molar-refractivity contribution in [2.45, 2.75) is 11.8 Å². The van der Waals surface area contributed by atoms with Crippen molar-refractivity contribution in [3.63, 3.8) is 0 Å². The van der Waals surface area contributed by atoms with E-state index in [0.29, 0.717) is 11.4 Å². The van der Waals surface area contributed by atoms with Crippen LogP contribution in [0.5, 0.6) is 5.75 Å². The van der Waals surface area contributed by atoms with Gasteiger partial charge in [0.2, 0.25) is 0 Å². The summed E-state index contributed by atoms with van der Waals surface area (Å²) in [5.41, 5.74) is 0.392. The molecule has 0 atom stereocenters. The molecule has 0 aliphatic heterocycles. The zero-order valence-corrected chi connectivity index (χ0v) is 15.4. The Kier molecular flexibility index (Phi) is 4.78. The first-order valence-corrected chi connectivity index (χ1v) is 9.34. The minimum atomic E-state index is -3.64. The molecule has 0 saturated carbocycles. The number of benzene rings is 1. The number of anilines is 1. The van der Waals surface area contributed by atoms with Crippen LogP contribution >= 0.6 is 43.2 Å². The molecule has 2 aromatic rings. The Bertz CT molecular complexity index is 741. The van der Waals surface area contributed by atoms with E-state index in [1.54, 1.807) is 31.2 Å². The van der Waals surface area contributed by atoms with E-state index in [4.69, 9.17) is 4.74 Å². The summed E-state index contributed by atoms with van der Waals surface area (Å²) in [5, 5.41) is 0. The topological polar surface area (TPSA) is 55.4 Å². The van der Waals surface area contributed by atoms with Crippen LogP contribution in [0.15, 0.2) is 37.4 Å². The molecule has 4 nitrogen and oxygen atoms in total. The molecule has 1 aromatic heterocycles. The number of rotatable bonds is 4. The van der Waals surface area contributed by atoms with Gasteiger partial charge in [-0.05, 0) is 47.1 Å². The summed E-state index contributed by atoms with van der Waals surface area (Å²) in [6.07, 6.45) is 0. The van der Waals surface area contributed by atoms with Crippen molar-refractivity contribution in [2.24, 2.45) is 0 Å². The predicted octanol–water partition coefficient (Wildman–Crippen LogP) is 4.39. The van der Waals surface area contributed by atoms with Crippen molar-refractivity contribution in [2.75, 3.05) is 11.8 Å². The van der Waals surface area contributed by atoms with Crippen LogP contribution in [-0.2, 0) is 10.0 Å². The predicted molar refractivity (Wildman–Crippen MR) is 88.3 cm³/mol. The van der Waals surface area contributed by atoms with Crippen molar-refractivity contribution in [1.82, 2.24) is 0 Å². The van der Waals surface area contributed by atoms with Gasteiger partial charge in [0.25, 0.3) is 10.0 Å². The van der Waals surface area contributed by atoms with E-state index in [9.17, 15) is 8.42 Å². The summed E-state index contributed by atoms with van der Waals surface area (Å²) < 4.78 is 34.1. The molecule has 2 rings (SSSR count). The Labute approximate surface area is 138 Å². The number of aryl methyl sites for hydroxylation is 1. The lowest BCUT2D eigenvalue weighted by molar-refractivity contribution is 0.417. The number of sulfonamides is 1. The molecule has 0 bridgehead atoms. The zero-order chi connectivity index (χ0) is 14.9. The van der Waals surface area contributed by atoms with E-state index in [0.717, 1.165) is 13.1 Å². The summed E-state index contributed by atoms with van der Waals surface area (Å²) in [6, 6.07) is 6.72. The fourth-order valence-electron chi connectivity index (χ4n) is 1.66. The second-order valence-corrected chi connectivity index (χ2v) is 9.12. The summed E-state index contributed by atoms with van der Waals surface area (Å²) in [5.74, 6) is 0.462. The highest BCUT2D eigenvalue weighted by Crippen LogP contribution is 2.33. The Morgan fingerprint density at radius 1 is 1.25 bits per heavy atom. The van der Waals surface area contributed by atoms with Gasteiger partial charge < -0.3 is 4.74 Å². The molecular weight excluding hydrogens is 430 g/mol. The lowest BCUT2D eigenvalue weighted by atomic mass is 10.3. The molecule has 0 unspecified atom stereocenters. The molecule has 1 aromatic carbocycles. The van der Waals surface area contributed by atoms with Crippen LogP contribution in [0.1, 0.15) is 4.88 Å². The second kappa shape index (κ2) is 6.05. The van der Waals surface area contributed by atoms with E-state index < -0.39 is 10.0 Å². The van der Waals surface area contributed by atoms with Crippen LogP contribution < -0.4 is 9.46 Å². The SMILES string of the molecule is COc1ccc(Br)cc1NS(=O)(=O)c1cc(Br)sc1C. The number of methoxy groups -OCH3 is 1. The molecule has 0 fully saturated rings. The molecule has 8 heteroatoms. The number of ether oxygens (including phenoxy) is 1. The van der Waals surface area contributed by atoms with Gasteiger partial charge in [-0.3, -0.25) is 4.72 Å². The number of nitrogens with one attached hydrogen (secondary N) is 1. The summed E-state index contributed by atoms with van der Waals surface area (Å²) in [6.45, 7) is 1.77. The van der Waals surface area contributed by atoms with Gasteiger partial charge in [-0.25, -0.2) is 8.42 Å². The summed E-state index contributed by atoms with van der Waals surface area (Å²) in [4.78, 5) is 0.981. The van der Waals surface area contributed by atoms with Crippen molar-refractivity contribution in [1.29, 1.82) is 0 Å². The number of hydrogen-bond donors (Lipinski definition) is 1. The van der Waals surface area contributed by atoms with E-state index in [1.165, 1.54) is 18.4 Å². The van der Waals surface area contributed by atoms with Gasteiger partial charge in [0.1, 0.15) is 10.6 Å². The van der Waals surface area contributed by atoms with E-state index in [1.807, 2.05) is 0 Å². The van der Waals surface area contributed by atoms with Crippen LogP contribution in [0, 0.1) is 6.92 Å². The van der Waals surface area contributed by atoms with E-state index in [2.05, 4.69) is 36.6 Å². The molecular formula is C12H11Br2NO3S2. The van der Waals surface area contributed by atoms with E-state index >= 15 is 0 Å². The summed E-state index contributed by atoms with van der Waals surface area (Å²) in [7, 11) is -2.15. The Balaban J connectivity index is 2.43.